The van der Waals surface area contributed by atoms with Gasteiger partial charge in [0.1, 0.15) is 5.82 Å². The van der Waals surface area contributed by atoms with Crippen LogP contribution in [-0.2, 0) is 0 Å². The SMILES string of the molecule is Cc1cc(C(=O)NC2CCN(c3cnccn3)CC2)nn1C(F)F. The number of amides is 1. The topological polar surface area (TPSA) is 75.9 Å². The third-order valence-corrected chi connectivity index (χ3v) is 4.04. The Morgan fingerprint density at radius 1 is 1.33 bits per heavy atom. The first-order chi connectivity index (χ1) is 11.5. The summed E-state index contributed by atoms with van der Waals surface area (Å²) >= 11 is 0. The van der Waals surface area contributed by atoms with E-state index < -0.39 is 12.5 Å². The van der Waals surface area contributed by atoms with Gasteiger partial charge in [-0.3, -0.25) is 9.78 Å². The monoisotopic (exact) mass is 336 g/mol. The van der Waals surface area contributed by atoms with Gasteiger partial charge in [0.05, 0.1) is 6.20 Å². The minimum absolute atomic E-state index is 0.0116. The lowest BCUT2D eigenvalue weighted by atomic mass is 10.0. The van der Waals surface area contributed by atoms with Gasteiger partial charge in [0.25, 0.3) is 5.91 Å². The molecule has 1 aliphatic rings. The molecule has 9 heteroatoms. The molecule has 1 aliphatic heterocycles. The molecule has 0 saturated carbocycles. The van der Waals surface area contributed by atoms with Gasteiger partial charge in [-0.2, -0.15) is 13.9 Å². The van der Waals surface area contributed by atoms with Gasteiger partial charge >= 0.3 is 6.55 Å². The van der Waals surface area contributed by atoms with Crippen LogP contribution in [0.4, 0.5) is 14.6 Å². The molecule has 3 rings (SSSR count). The second-order valence-electron chi connectivity index (χ2n) is 5.69. The average molecular weight is 336 g/mol. The molecule has 3 heterocycles. The molecular weight excluding hydrogens is 318 g/mol. The maximum atomic E-state index is 12.7. The molecule has 0 aliphatic carbocycles. The van der Waals surface area contributed by atoms with Crippen LogP contribution in [0.5, 0.6) is 0 Å². The smallest absolute Gasteiger partial charge is 0.333 e. The Balaban J connectivity index is 1.56. The van der Waals surface area contributed by atoms with E-state index in [4.69, 9.17) is 0 Å². The van der Waals surface area contributed by atoms with Gasteiger partial charge in [-0.05, 0) is 25.8 Å². The molecule has 0 spiro atoms. The van der Waals surface area contributed by atoms with E-state index in [9.17, 15) is 13.6 Å². The fourth-order valence-electron chi connectivity index (χ4n) is 2.76. The highest BCUT2D eigenvalue weighted by atomic mass is 19.3. The molecule has 1 N–H and O–H groups in total. The molecule has 1 fully saturated rings. The zero-order chi connectivity index (χ0) is 17.1. The zero-order valence-corrected chi connectivity index (χ0v) is 13.2. The van der Waals surface area contributed by atoms with Gasteiger partial charge in [0.15, 0.2) is 5.69 Å². The minimum Gasteiger partial charge on any atom is -0.355 e. The summed E-state index contributed by atoms with van der Waals surface area (Å²) in [6, 6.07) is 1.36. The van der Waals surface area contributed by atoms with Crippen LogP contribution in [0, 0.1) is 6.92 Å². The molecule has 2 aromatic rings. The van der Waals surface area contributed by atoms with Crippen molar-refractivity contribution < 1.29 is 13.6 Å². The van der Waals surface area contributed by atoms with Crippen molar-refractivity contribution in [1.29, 1.82) is 0 Å². The summed E-state index contributed by atoms with van der Waals surface area (Å²) in [6.45, 7) is 0.235. The van der Waals surface area contributed by atoms with Gasteiger partial charge in [-0.15, -0.1) is 0 Å². The van der Waals surface area contributed by atoms with E-state index in [1.54, 1.807) is 18.6 Å². The summed E-state index contributed by atoms with van der Waals surface area (Å²) in [4.78, 5) is 22.6. The molecule has 0 unspecified atom stereocenters. The number of anilines is 1. The summed E-state index contributed by atoms with van der Waals surface area (Å²) in [5, 5.41) is 6.53. The number of aromatic nitrogens is 4. The van der Waals surface area contributed by atoms with Crippen molar-refractivity contribution in [3.8, 4) is 0 Å². The van der Waals surface area contributed by atoms with Crippen molar-refractivity contribution in [2.45, 2.75) is 32.4 Å². The Morgan fingerprint density at radius 3 is 2.67 bits per heavy atom. The number of nitrogens with zero attached hydrogens (tertiary/aromatic N) is 5. The first-order valence-electron chi connectivity index (χ1n) is 7.70. The number of piperidine rings is 1. The Morgan fingerprint density at radius 2 is 2.08 bits per heavy atom. The predicted molar refractivity (Wildman–Crippen MR) is 83.0 cm³/mol. The largest absolute Gasteiger partial charge is 0.355 e. The van der Waals surface area contributed by atoms with Gasteiger partial charge in [0, 0.05) is 37.2 Å². The molecule has 0 bridgehead atoms. The van der Waals surface area contributed by atoms with Crippen molar-refractivity contribution in [2.24, 2.45) is 0 Å². The first kappa shape index (κ1) is 16.3. The lowest BCUT2D eigenvalue weighted by Gasteiger charge is -2.32. The average Bonchev–Trinajstić information content (AvgIpc) is 2.99. The quantitative estimate of drug-likeness (QED) is 0.921. The molecule has 24 heavy (non-hydrogen) atoms. The number of rotatable bonds is 4. The Hall–Kier alpha value is -2.58. The summed E-state index contributed by atoms with van der Waals surface area (Å²) in [7, 11) is 0. The van der Waals surface area contributed by atoms with Crippen LogP contribution < -0.4 is 10.2 Å². The van der Waals surface area contributed by atoms with E-state index in [2.05, 4.69) is 25.3 Å². The summed E-state index contributed by atoms with van der Waals surface area (Å²) in [5.41, 5.74) is 0.275. The van der Waals surface area contributed by atoms with Crippen molar-refractivity contribution >= 4 is 11.7 Å². The summed E-state index contributed by atoms with van der Waals surface area (Å²) < 4.78 is 26.0. The number of nitrogens with one attached hydrogen (secondary N) is 1. The normalized spacial score (nSPS) is 15.8. The molecule has 0 atom stereocenters. The van der Waals surface area contributed by atoms with Crippen LogP contribution in [0.3, 0.4) is 0 Å². The number of aryl methyl sites for hydroxylation is 1. The highest BCUT2D eigenvalue weighted by Gasteiger charge is 2.24. The summed E-state index contributed by atoms with van der Waals surface area (Å²) in [6.07, 6.45) is 6.47. The molecule has 1 amide bonds. The lowest BCUT2D eigenvalue weighted by Crippen LogP contribution is -2.45. The van der Waals surface area contributed by atoms with E-state index in [1.165, 1.54) is 13.0 Å². The number of carbonyl (C=O) groups excluding carboxylic acids is 1. The van der Waals surface area contributed by atoms with E-state index in [-0.39, 0.29) is 17.4 Å². The number of carbonyl (C=O) groups is 1. The Kier molecular flexibility index (Phi) is 4.68. The van der Waals surface area contributed by atoms with Crippen LogP contribution in [0.15, 0.2) is 24.7 Å². The van der Waals surface area contributed by atoms with E-state index >= 15 is 0 Å². The highest BCUT2D eigenvalue weighted by Crippen LogP contribution is 2.18. The number of alkyl halides is 2. The van der Waals surface area contributed by atoms with Crippen LogP contribution in [-0.4, -0.2) is 44.8 Å². The Labute approximate surface area is 137 Å². The second kappa shape index (κ2) is 6.90. The molecule has 0 radical (unpaired) electrons. The van der Waals surface area contributed by atoms with Crippen molar-refractivity contribution in [3.05, 3.63) is 36.0 Å². The van der Waals surface area contributed by atoms with E-state index in [0.717, 1.165) is 31.7 Å². The van der Waals surface area contributed by atoms with Crippen LogP contribution >= 0.6 is 0 Å². The van der Waals surface area contributed by atoms with Gasteiger partial charge in [0.2, 0.25) is 0 Å². The third-order valence-electron chi connectivity index (χ3n) is 4.04. The minimum atomic E-state index is -2.75. The van der Waals surface area contributed by atoms with Crippen LogP contribution in [0.25, 0.3) is 0 Å². The number of halogens is 2. The lowest BCUT2D eigenvalue weighted by molar-refractivity contribution is 0.0538. The predicted octanol–water partition coefficient (Wildman–Crippen LogP) is 1.78. The van der Waals surface area contributed by atoms with Gasteiger partial charge in [-0.25, -0.2) is 9.67 Å². The molecular formula is C15H18F2N6O. The first-order valence-corrected chi connectivity index (χ1v) is 7.70. The van der Waals surface area contributed by atoms with Crippen molar-refractivity contribution in [3.63, 3.8) is 0 Å². The van der Waals surface area contributed by atoms with Gasteiger partial charge in [-0.1, -0.05) is 0 Å². The van der Waals surface area contributed by atoms with E-state index in [0.29, 0.717) is 4.68 Å². The van der Waals surface area contributed by atoms with E-state index in [1.807, 2.05) is 0 Å². The van der Waals surface area contributed by atoms with Crippen LogP contribution in [0.1, 0.15) is 35.6 Å². The van der Waals surface area contributed by atoms with Crippen LogP contribution in [0.2, 0.25) is 0 Å². The fourth-order valence-corrected chi connectivity index (χ4v) is 2.76. The summed E-state index contributed by atoms with van der Waals surface area (Å²) in [5.74, 6) is 0.393. The maximum Gasteiger partial charge on any atom is 0.333 e. The molecule has 1 saturated heterocycles. The zero-order valence-electron chi connectivity index (χ0n) is 13.2. The fraction of sp³-hybridized carbons (Fsp3) is 0.467. The van der Waals surface area contributed by atoms with Gasteiger partial charge < -0.3 is 10.2 Å². The van der Waals surface area contributed by atoms with Crippen molar-refractivity contribution in [2.75, 3.05) is 18.0 Å². The standard InChI is InChI=1S/C15H18F2N6O/c1-10-8-12(21-23(10)15(16)17)14(24)20-11-2-6-22(7-3-11)13-9-18-4-5-19-13/h4-5,8-9,11,15H,2-3,6-7H2,1H3,(H,20,24). The third kappa shape index (κ3) is 3.50. The maximum absolute atomic E-state index is 12.7. The second-order valence-corrected chi connectivity index (χ2v) is 5.69. The number of hydrogen-bond donors (Lipinski definition) is 1. The highest BCUT2D eigenvalue weighted by molar-refractivity contribution is 5.92. The Bertz CT molecular complexity index is 697. The number of hydrogen-bond acceptors (Lipinski definition) is 5. The van der Waals surface area contributed by atoms with Crippen molar-refractivity contribution in [1.82, 2.24) is 25.1 Å². The molecule has 0 aromatic carbocycles. The molecule has 2 aromatic heterocycles. The molecule has 7 nitrogen and oxygen atoms in total. The molecule has 128 valence electrons.